The number of ketones is 1. The molecule has 1 aromatic carbocycles. The highest BCUT2D eigenvalue weighted by atomic mass is 32.1. The molecule has 106 valence electrons. The van der Waals surface area contributed by atoms with E-state index in [9.17, 15) is 14.4 Å². The van der Waals surface area contributed by atoms with Crippen molar-refractivity contribution in [2.75, 3.05) is 7.05 Å². The van der Waals surface area contributed by atoms with Crippen molar-refractivity contribution < 1.29 is 14.4 Å². The lowest BCUT2D eigenvalue weighted by atomic mass is 9.93. The fourth-order valence-corrected chi connectivity index (χ4v) is 3.22. The van der Waals surface area contributed by atoms with Gasteiger partial charge in [0.25, 0.3) is 5.91 Å². The molecule has 2 aromatic rings. The van der Waals surface area contributed by atoms with E-state index in [-0.39, 0.29) is 24.0 Å². The maximum absolute atomic E-state index is 12.5. The number of likely N-dealkylation sites (N-methyl/N-ethyl adjacent to an activating group) is 1. The Kier molecular flexibility index (Phi) is 3.22. The van der Waals surface area contributed by atoms with Gasteiger partial charge in [0.2, 0.25) is 5.91 Å². The van der Waals surface area contributed by atoms with Crippen LogP contribution in [-0.2, 0) is 11.2 Å². The van der Waals surface area contributed by atoms with Crippen molar-refractivity contribution >= 4 is 28.9 Å². The zero-order chi connectivity index (χ0) is 15.1. The van der Waals surface area contributed by atoms with E-state index >= 15 is 0 Å². The number of imide groups is 1. The van der Waals surface area contributed by atoms with E-state index in [0.29, 0.717) is 22.3 Å². The minimum absolute atomic E-state index is 0.0936. The van der Waals surface area contributed by atoms with E-state index < -0.39 is 0 Å². The zero-order valence-electron chi connectivity index (χ0n) is 11.7. The third-order valence-corrected chi connectivity index (χ3v) is 4.58. The monoisotopic (exact) mass is 299 g/mol. The summed E-state index contributed by atoms with van der Waals surface area (Å²) in [4.78, 5) is 37.4. The molecule has 0 saturated heterocycles. The Labute approximate surface area is 126 Å². The smallest absolute Gasteiger partial charge is 0.260 e. The largest absolute Gasteiger partial charge is 0.289 e. The van der Waals surface area contributed by atoms with Crippen LogP contribution in [0, 0.1) is 6.92 Å². The van der Waals surface area contributed by atoms with Crippen molar-refractivity contribution in [1.82, 2.24) is 4.90 Å². The lowest BCUT2D eigenvalue weighted by Crippen LogP contribution is -2.39. The molecular weight excluding hydrogens is 286 g/mol. The molecule has 1 aliphatic rings. The van der Waals surface area contributed by atoms with E-state index in [1.165, 1.54) is 18.4 Å². The van der Waals surface area contributed by atoms with Crippen LogP contribution in [0.15, 0.2) is 29.0 Å². The molecule has 3 rings (SSSR count). The second kappa shape index (κ2) is 4.93. The summed E-state index contributed by atoms with van der Waals surface area (Å²) in [5, 5.41) is 3.73. The first-order valence-corrected chi connectivity index (χ1v) is 7.44. The number of carbonyl (C=O) groups excluding carboxylic acids is 3. The molecular formula is C16H13NO3S. The molecule has 5 heteroatoms. The van der Waals surface area contributed by atoms with Gasteiger partial charge in [-0.1, -0.05) is 12.1 Å². The first kappa shape index (κ1) is 13.7. The number of carbonyl (C=O) groups is 3. The Morgan fingerprint density at radius 1 is 1.24 bits per heavy atom. The zero-order valence-corrected chi connectivity index (χ0v) is 12.5. The Bertz CT molecular complexity index is 776. The average molecular weight is 299 g/mol. The summed E-state index contributed by atoms with van der Waals surface area (Å²) < 4.78 is 0. The van der Waals surface area contributed by atoms with Gasteiger partial charge in [-0.25, -0.2) is 0 Å². The van der Waals surface area contributed by atoms with Crippen molar-refractivity contribution in [1.29, 1.82) is 0 Å². The van der Waals surface area contributed by atoms with Gasteiger partial charge >= 0.3 is 0 Å². The highest BCUT2D eigenvalue weighted by molar-refractivity contribution is 7.08. The van der Waals surface area contributed by atoms with Crippen LogP contribution in [0.2, 0.25) is 0 Å². The number of fused-ring (bicyclic) bond motifs is 1. The molecule has 0 saturated carbocycles. The van der Waals surface area contributed by atoms with Crippen LogP contribution in [0.3, 0.4) is 0 Å². The Morgan fingerprint density at radius 2 is 2.00 bits per heavy atom. The average Bonchev–Trinajstić information content (AvgIpc) is 2.90. The minimum atomic E-state index is -0.349. The van der Waals surface area contributed by atoms with E-state index in [4.69, 9.17) is 0 Å². The molecule has 1 aliphatic heterocycles. The van der Waals surface area contributed by atoms with Crippen molar-refractivity contribution in [3.8, 4) is 0 Å². The Balaban J connectivity index is 2.04. The normalized spacial score (nSPS) is 14.3. The van der Waals surface area contributed by atoms with Gasteiger partial charge in [0, 0.05) is 29.1 Å². The third kappa shape index (κ3) is 2.19. The van der Waals surface area contributed by atoms with Crippen LogP contribution in [0.1, 0.15) is 37.4 Å². The standard InChI is InChI=1S/C16H13NO3S/c1-9-7-21-8-13(9)15(19)11-4-3-10-6-14(18)17(2)16(20)12(10)5-11/h3-5,7-8H,6H2,1-2H3. The maximum Gasteiger partial charge on any atom is 0.260 e. The number of thiophene rings is 1. The van der Waals surface area contributed by atoms with Gasteiger partial charge in [0.05, 0.1) is 6.42 Å². The molecule has 0 spiro atoms. The van der Waals surface area contributed by atoms with E-state index in [1.807, 2.05) is 17.7 Å². The Hall–Kier alpha value is -2.27. The van der Waals surface area contributed by atoms with Crippen LogP contribution in [0.25, 0.3) is 0 Å². The van der Waals surface area contributed by atoms with Crippen molar-refractivity contribution in [3.63, 3.8) is 0 Å². The summed E-state index contributed by atoms with van der Waals surface area (Å²) in [5.74, 6) is -0.665. The van der Waals surface area contributed by atoms with Crippen molar-refractivity contribution in [2.24, 2.45) is 0 Å². The van der Waals surface area contributed by atoms with Gasteiger partial charge in [0.1, 0.15) is 0 Å². The van der Waals surface area contributed by atoms with Gasteiger partial charge in [-0.2, -0.15) is 11.3 Å². The highest BCUT2D eigenvalue weighted by Gasteiger charge is 2.28. The molecule has 0 atom stereocenters. The molecule has 0 unspecified atom stereocenters. The summed E-state index contributed by atoms with van der Waals surface area (Å²) in [7, 11) is 1.46. The first-order valence-electron chi connectivity index (χ1n) is 6.50. The predicted molar refractivity (Wildman–Crippen MR) is 79.7 cm³/mol. The first-order chi connectivity index (χ1) is 9.99. The molecule has 0 N–H and O–H groups in total. The molecule has 2 heterocycles. The number of nitrogens with zero attached hydrogens (tertiary/aromatic N) is 1. The van der Waals surface area contributed by atoms with E-state index in [1.54, 1.807) is 18.2 Å². The number of benzene rings is 1. The van der Waals surface area contributed by atoms with Crippen LogP contribution in [0.4, 0.5) is 0 Å². The third-order valence-electron chi connectivity index (χ3n) is 3.72. The van der Waals surface area contributed by atoms with Crippen LogP contribution >= 0.6 is 11.3 Å². The second-order valence-corrected chi connectivity index (χ2v) is 5.85. The van der Waals surface area contributed by atoms with Gasteiger partial charge in [-0.05, 0) is 29.5 Å². The topological polar surface area (TPSA) is 54.5 Å². The van der Waals surface area contributed by atoms with Crippen LogP contribution in [0.5, 0.6) is 0 Å². The van der Waals surface area contributed by atoms with Crippen molar-refractivity contribution in [3.05, 3.63) is 56.8 Å². The van der Waals surface area contributed by atoms with Gasteiger partial charge < -0.3 is 0 Å². The summed E-state index contributed by atoms with van der Waals surface area (Å²) in [6, 6.07) is 4.98. The molecule has 0 aliphatic carbocycles. The summed E-state index contributed by atoms with van der Waals surface area (Å²) >= 11 is 1.48. The summed E-state index contributed by atoms with van der Waals surface area (Å²) in [5.41, 5.74) is 3.19. The number of amides is 2. The minimum Gasteiger partial charge on any atom is -0.289 e. The fraction of sp³-hybridized carbons (Fsp3) is 0.188. The van der Waals surface area contributed by atoms with Gasteiger partial charge in [-0.3, -0.25) is 19.3 Å². The number of aryl methyl sites for hydroxylation is 1. The predicted octanol–water partition coefficient (Wildman–Crippen LogP) is 2.44. The van der Waals surface area contributed by atoms with Crippen molar-refractivity contribution in [2.45, 2.75) is 13.3 Å². The molecule has 0 fully saturated rings. The highest BCUT2D eigenvalue weighted by Crippen LogP contribution is 2.23. The molecule has 21 heavy (non-hydrogen) atoms. The fourth-order valence-electron chi connectivity index (χ4n) is 2.40. The SMILES string of the molecule is Cc1cscc1C(=O)c1ccc2c(c1)C(=O)N(C)C(=O)C2. The molecule has 0 radical (unpaired) electrons. The Morgan fingerprint density at radius 3 is 2.67 bits per heavy atom. The quantitative estimate of drug-likeness (QED) is 0.632. The van der Waals surface area contributed by atoms with E-state index in [2.05, 4.69) is 0 Å². The maximum atomic E-state index is 12.5. The van der Waals surface area contributed by atoms with E-state index in [0.717, 1.165) is 10.5 Å². The number of rotatable bonds is 2. The molecule has 4 nitrogen and oxygen atoms in total. The molecule has 1 aromatic heterocycles. The van der Waals surface area contributed by atoms with Crippen LogP contribution < -0.4 is 0 Å². The second-order valence-electron chi connectivity index (χ2n) is 5.10. The van der Waals surface area contributed by atoms with Gasteiger partial charge in [-0.15, -0.1) is 0 Å². The van der Waals surface area contributed by atoms with Gasteiger partial charge in [0.15, 0.2) is 5.78 Å². The molecule has 0 bridgehead atoms. The van der Waals surface area contributed by atoms with Crippen LogP contribution in [-0.4, -0.2) is 29.5 Å². The number of hydrogen-bond acceptors (Lipinski definition) is 4. The summed E-state index contributed by atoms with van der Waals surface area (Å²) in [6.45, 7) is 1.89. The lowest BCUT2D eigenvalue weighted by molar-refractivity contribution is -0.127. The number of hydrogen-bond donors (Lipinski definition) is 0. The summed E-state index contributed by atoms with van der Waals surface area (Å²) in [6.07, 6.45) is 0.198. The molecule has 2 amide bonds. The lowest BCUT2D eigenvalue weighted by Gasteiger charge is -2.23.